The highest BCUT2D eigenvalue weighted by atomic mass is 32.2. The van der Waals surface area contributed by atoms with Gasteiger partial charge in [0.15, 0.2) is 0 Å². The first-order valence-corrected chi connectivity index (χ1v) is 9.34. The molecule has 0 bridgehead atoms. The minimum atomic E-state index is -1.21. The van der Waals surface area contributed by atoms with Crippen molar-refractivity contribution < 1.29 is 4.55 Å². The zero-order valence-electron chi connectivity index (χ0n) is 15.0. The Kier molecular flexibility index (Phi) is 6.26. The van der Waals surface area contributed by atoms with E-state index in [9.17, 15) is 4.55 Å². The standard InChI is InChI=1S/C18H29N3OS/c1-15(19-23(22)18(2,3)4)17-8-6-16(7-9-17)14-21-12-10-20(5)11-13-21/h6-9H,10-14H2,1-5H3/t23-/m1/s1. The molecule has 1 saturated heterocycles. The van der Waals surface area contributed by atoms with Gasteiger partial charge in [-0.05, 0) is 40.3 Å². The van der Waals surface area contributed by atoms with Gasteiger partial charge in [-0.15, -0.1) is 0 Å². The molecule has 5 heteroatoms. The van der Waals surface area contributed by atoms with E-state index in [0.29, 0.717) is 0 Å². The van der Waals surface area contributed by atoms with E-state index in [1.165, 1.54) is 5.56 Å². The highest BCUT2D eigenvalue weighted by Gasteiger charge is 2.26. The Balaban J connectivity index is 1.97. The Hall–Kier alpha value is -0.880. The molecule has 1 heterocycles. The van der Waals surface area contributed by atoms with Crippen molar-refractivity contribution in [3.05, 3.63) is 35.4 Å². The molecule has 2 rings (SSSR count). The van der Waals surface area contributed by atoms with Crippen LogP contribution in [0.3, 0.4) is 0 Å². The zero-order chi connectivity index (χ0) is 17.0. The summed E-state index contributed by atoms with van der Waals surface area (Å²) in [5.41, 5.74) is 3.21. The van der Waals surface area contributed by atoms with Crippen LogP contribution in [0.4, 0.5) is 0 Å². The predicted octanol–water partition coefficient (Wildman–Crippen LogP) is 2.71. The smallest absolute Gasteiger partial charge is 0.144 e. The maximum atomic E-state index is 12.1. The van der Waals surface area contributed by atoms with E-state index in [1.807, 2.05) is 27.7 Å². The normalized spacial score (nSPS) is 19.8. The minimum Gasteiger partial charge on any atom is -0.591 e. The van der Waals surface area contributed by atoms with Crippen LogP contribution in [0, 0.1) is 0 Å². The van der Waals surface area contributed by atoms with Crippen molar-refractivity contribution in [3.8, 4) is 0 Å². The Labute approximate surface area is 143 Å². The van der Waals surface area contributed by atoms with Gasteiger partial charge in [0.1, 0.15) is 16.1 Å². The maximum absolute atomic E-state index is 12.1. The average molecular weight is 336 g/mol. The first kappa shape index (κ1) is 18.5. The Morgan fingerprint density at radius 2 is 1.70 bits per heavy atom. The minimum absolute atomic E-state index is 0.317. The molecule has 0 amide bonds. The van der Waals surface area contributed by atoms with Gasteiger partial charge in [0.2, 0.25) is 0 Å². The predicted molar refractivity (Wildman–Crippen MR) is 99.3 cm³/mol. The molecule has 1 aromatic rings. The molecule has 1 aromatic carbocycles. The van der Waals surface area contributed by atoms with Crippen LogP contribution in [-0.4, -0.2) is 58.0 Å². The fraction of sp³-hybridized carbons (Fsp3) is 0.611. The van der Waals surface area contributed by atoms with Crippen LogP contribution in [0.25, 0.3) is 0 Å². The summed E-state index contributed by atoms with van der Waals surface area (Å²) in [7, 11) is 2.18. The summed E-state index contributed by atoms with van der Waals surface area (Å²) in [4.78, 5) is 4.86. The molecule has 1 fully saturated rings. The number of benzene rings is 1. The monoisotopic (exact) mass is 335 g/mol. The summed E-state index contributed by atoms with van der Waals surface area (Å²) in [6.07, 6.45) is 0. The quantitative estimate of drug-likeness (QED) is 0.627. The lowest BCUT2D eigenvalue weighted by molar-refractivity contribution is 0.148. The van der Waals surface area contributed by atoms with Crippen molar-refractivity contribution >= 4 is 17.1 Å². The largest absolute Gasteiger partial charge is 0.591 e. The van der Waals surface area contributed by atoms with Crippen LogP contribution in [0.15, 0.2) is 28.7 Å². The van der Waals surface area contributed by atoms with Gasteiger partial charge < -0.3 is 9.45 Å². The third kappa shape index (κ3) is 5.60. The van der Waals surface area contributed by atoms with Crippen molar-refractivity contribution in [1.29, 1.82) is 0 Å². The Morgan fingerprint density at radius 3 is 2.22 bits per heavy atom. The molecule has 0 aliphatic carbocycles. The van der Waals surface area contributed by atoms with Crippen molar-refractivity contribution in [2.45, 2.75) is 39.0 Å². The summed E-state index contributed by atoms with van der Waals surface area (Å²) >= 11 is -1.21. The lowest BCUT2D eigenvalue weighted by Crippen LogP contribution is -2.43. The summed E-state index contributed by atoms with van der Waals surface area (Å²) in [5, 5.41) is 0. The summed E-state index contributed by atoms with van der Waals surface area (Å²) in [6.45, 7) is 13.3. The molecule has 0 N–H and O–H groups in total. The Bertz CT molecular complexity index is 528. The third-order valence-corrected chi connectivity index (χ3v) is 5.60. The second-order valence-corrected chi connectivity index (χ2v) is 9.22. The number of rotatable bonds is 4. The van der Waals surface area contributed by atoms with Gasteiger partial charge >= 0.3 is 0 Å². The van der Waals surface area contributed by atoms with Crippen molar-refractivity contribution in [2.24, 2.45) is 4.40 Å². The van der Waals surface area contributed by atoms with Crippen LogP contribution < -0.4 is 0 Å². The van der Waals surface area contributed by atoms with Gasteiger partial charge in [0.05, 0.1) is 5.71 Å². The van der Waals surface area contributed by atoms with E-state index in [-0.39, 0.29) is 4.75 Å². The second-order valence-electron chi connectivity index (χ2n) is 7.31. The molecule has 0 unspecified atom stereocenters. The summed E-state index contributed by atoms with van der Waals surface area (Å²) in [6, 6.07) is 8.49. The van der Waals surface area contributed by atoms with E-state index in [1.54, 1.807) is 0 Å². The molecule has 4 nitrogen and oxygen atoms in total. The van der Waals surface area contributed by atoms with Crippen LogP contribution in [0.5, 0.6) is 0 Å². The van der Waals surface area contributed by atoms with E-state index in [0.717, 1.165) is 44.0 Å². The maximum Gasteiger partial charge on any atom is 0.144 e. The molecule has 0 saturated carbocycles. The number of nitrogens with zero attached hydrogens (tertiary/aromatic N) is 3. The molecular weight excluding hydrogens is 306 g/mol. The number of piperazine rings is 1. The first-order valence-electron chi connectivity index (χ1n) is 8.23. The third-order valence-electron chi connectivity index (χ3n) is 4.12. The van der Waals surface area contributed by atoms with Gasteiger partial charge in [0, 0.05) is 38.3 Å². The molecule has 128 valence electrons. The van der Waals surface area contributed by atoms with Crippen molar-refractivity contribution in [3.63, 3.8) is 0 Å². The number of hydrogen-bond donors (Lipinski definition) is 0. The van der Waals surface area contributed by atoms with E-state index >= 15 is 0 Å². The topological polar surface area (TPSA) is 41.9 Å². The average Bonchev–Trinajstić information content (AvgIpc) is 2.49. The van der Waals surface area contributed by atoms with E-state index in [2.05, 4.69) is 45.5 Å². The fourth-order valence-electron chi connectivity index (χ4n) is 2.43. The van der Waals surface area contributed by atoms with Gasteiger partial charge in [0.25, 0.3) is 0 Å². The second kappa shape index (κ2) is 7.79. The summed E-state index contributed by atoms with van der Waals surface area (Å²) in [5.74, 6) is 0. The van der Waals surface area contributed by atoms with Gasteiger partial charge in [-0.2, -0.15) is 0 Å². The van der Waals surface area contributed by atoms with E-state index < -0.39 is 11.4 Å². The molecule has 0 aromatic heterocycles. The molecule has 23 heavy (non-hydrogen) atoms. The molecule has 0 radical (unpaired) electrons. The molecular formula is C18H29N3OS. The van der Waals surface area contributed by atoms with Crippen LogP contribution >= 0.6 is 0 Å². The zero-order valence-corrected chi connectivity index (χ0v) is 15.8. The lowest BCUT2D eigenvalue weighted by atomic mass is 10.1. The summed E-state index contributed by atoms with van der Waals surface area (Å²) < 4.78 is 16.1. The van der Waals surface area contributed by atoms with Crippen molar-refractivity contribution in [2.75, 3.05) is 33.2 Å². The van der Waals surface area contributed by atoms with Gasteiger partial charge in [-0.3, -0.25) is 4.90 Å². The van der Waals surface area contributed by atoms with Crippen LogP contribution in [0.1, 0.15) is 38.8 Å². The highest BCUT2D eigenvalue weighted by molar-refractivity contribution is 7.91. The SMILES string of the molecule is CC(=N[S@+]([O-])C(C)(C)C)c1ccc(CN2CCN(C)CC2)cc1. The van der Waals surface area contributed by atoms with Crippen LogP contribution in [0.2, 0.25) is 0 Å². The molecule has 1 aliphatic heterocycles. The van der Waals surface area contributed by atoms with Crippen LogP contribution in [-0.2, 0) is 17.9 Å². The number of hydrogen-bond acceptors (Lipinski definition) is 4. The fourth-order valence-corrected chi connectivity index (χ4v) is 3.06. The molecule has 0 spiro atoms. The molecule has 1 atom stereocenters. The number of likely N-dealkylation sites (N-methyl/N-ethyl adjacent to an activating group) is 1. The Morgan fingerprint density at radius 1 is 1.13 bits per heavy atom. The highest BCUT2D eigenvalue weighted by Crippen LogP contribution is 2.18. The van der Waals surface area contributed by atoms with Gasteiger partial charge in [-0.1, -0.05) is 28.7 Å². The lowest BCUT2D eigenvalue weighted by Gasteiger charge is -2.32. The first-order chi connectivity index (χ1) is 10.8. The van der Waals surface area contributed by atoms with E-state index in [4.69, 9.17) is 0 Å². The molecule has 1 aliphatic rings. The van der Waals surface area contributed by atoms with Crippen molar-refractivity contribution in [1.82, 2.24) is 9.80 Å². The van der Waals surface area contributed by atoms with Gasteiger partial charge in [-0.25, -0.2) is 0 Å².